The number of fused-ring (bicyclic) bond motifs is 1. The maximum absolute atomic E-state index is 5.87. The number of rotatable bonds is 3. The van der Waals surface area contributed by atoms with Crippen molar-refractivity contribution in [2.75, 3.05) is 13.6 Å². The summed E-state index contributed by atoms with van der Waals surface area (Å²) in [4.78, 5) is 0. The van der Waals surface area contributed by atoms with Gasteiger partial charge in [0.1, 0.15) is 0 Å². The predicted octanol–water partition coefficient (Wildman–Crippen LogP) is 1.91. The van der Waals surface area contributed by atoms with Gasteiger partial charge in [0, 0.05) is 23.2 Å². The topological polar surface area (TPSA) is 29.9 Å². The third kappa shape index (κ3) is 1.89. The SMILES string of the molecule is CNCCn1cc2ccc(Cl)cc2n1. The van der Waals surface area contributed by atoms with Crippen LogP contribution in [-0.2, 0) is 6.54 Å². The monoisotopic (exact) mass is 209 g/mol. The normalized spacial score (nSPS) is 11.0. The smallest absolute Gasteiger partial charge is 0.0938 e. The molecule has 0 aliphatic rings. The number of likely N-dealkylation sites (N-methyl/N-ethyl adjacent to an activating group) is 1. The Hall–Kier alpha value is -1.06. The first kappa shape index (κ1) is 9.49. The number of benzene rings is 1. The molecule has 14 heavy (non-hydrogen) atoms. The minimum Gasteiger partial charge on any atom is -0.318 e. The zero-order chi connectivity index (χ0) is 9.97. The third-order valence-corrected chi connectivity index (χ3v) is 2.34. The number of nitrogens with one attached hydrogen (secondary N) is 1. The van der Waals surface area contributed by atoms with Crippen LogP contribution in [0.1, 0.15) is 0 Å². The lowest BCUT2D eigenvalue weighted by Gasteiger charge is -1.97. The van der Waals surface area contributed by atoms with Crippen LogP contribution in [0.3, 0.4) is 0 Å². The molecule has 0 spiro atoms. The molecule has 2 rings (SSSR count). The first-order valence-electron chi connectivity index (χ1n) is 4.57. The molecule has 3 nitrogen and oxygen atoms in total. The van der Waals surface area contributed by atoms with Crippen molar-refractivity contribution in [2.45, 2.75) is 6.54 Å². The highest BCUT2D eigenvalue weighted by Gasteiger charge is 2.00. The highest BCUT2D eigenvalue weighted by molar-refractivity contribution is 6.31. The second kappa shape index (κ2) is 3.98. The van der Waals surface area contributed by atoms with Gasteiger partial charge in [-0.1, -0.05) is 11.6 Å². The molecule has 0 saturated carbocycles. The van der Waals surface area contributed by atoms with Gasteiger partial charge in [-0.15, -0.1) is 0 Å². The van der Waals surface area contributed by atoms with E-state index in [9.17, 15) is 0 Å². The minimum atomic E-state index is 0.733. The lowest BCUT2D eigenvalue weighted by Crippen LogP contribution is -2.14. The summed E-state index contributed by atoms with van der Waals surface area (Å²) >= 11 is 5.87. The molecule has 0 fully saturated rings. The summed E-state index contributed by atoms with van der Waals surface area (Å²) in [7, 11) is 1.93. The lowest BCUT2D eigenvalue weighted by atomic mass is 10.3. The Balaban J connectivity index is 2.32. The van der Waals surface area contributed by atoms with Gasteiger partial charge in [-0.25, -0.2) is 0 Å². The first-order valence-corrected chi connectivity index (χ1v) is 4.95. The summed E-state index contributed by atoms with van der Waals surface area (Å²) in [6.45, 7) is 1.80. The van der Waals surface area contributed by atoms with E-state index in [0.717, 1.165) is 29.0 Å². The Morgan fingerprint density at radius 1 is 1.50 bits per heavy atom. The van der Waals surface area contributed by atoms with E-state index in [2.05, 4.69) is 10.4 Å². The van der Waals surface area contributed by atoms with Gasteiger partial charge in [0.15, 0.2) is 0 Å². The average Bonchev–Trinajstić information content (AvgIpc) is 2.56. The summed E-state index contributed by atoms with van der Waals surface area (Å²) < 4.78 is 1.93. The summed E-state index contributed by atoms with van der Waals surface area (Å²) in [6, 6.07) is 5.75. The zero-order valence-corrected chi connectivity index (χ0v) is 8.75. The largest absolute Gasteiger partial charge is 0.318 e. The summed E-state index contributed by atoms with van der Waals surface area (Å²) in [5.74, 6) is 0. The predicted molar refractivity (Wildman–Crippen MR) is 58.7 cm³/mol. The van der Waals surface area contributed by atoms with Crippen molar-refractivity contribution in [3.63, 3.8) is 0 Å². The van der Waals surface area contributed by atoms with Crippen LogP contribution < -0.4 is 5.32 Å². The summed E-state index contributed by atoms with van der Waals surface area (Å²) in [5.41, 5.74) is 0.952. The first-order chi connectivity index (χ1) is 6.79. The van der Waals surface area contributed by atoms with Crippen molar-refractivity contribution >= 4 is 22.5 Å². The maximum Gasteiger partial charge on any atom is 0.0938 e. The Morgan fingerprint density at radius 2 is 2.36 bits per heavy atom. The van der Waals surface area contributed by atoms with Crippen LogP contribution in [-0.4, -0.2) is 23.4 Å². The second-order valence-corrected chi connectivity index (χ2v) is 3.64. The van der Waals surface area contributed by atoms with Crippen molar-refractivity contribution in [3.8, 4) is 0 Å². The molecule has 1 aromatic carbocycles. The molecule has 4 heteroatoms. The summed E-state index contributed by atoms with van der Waals surface area (Å²) in [6.07, 6.45) is 2.03. The molecule has 1 heterocycles. The van der Waals surface area contributed by atoms with E-state index in [0.29, 0.717) is 0 Å². The number of nitrogens with zero attached hydrogens (tertiary/aromatic N) is 2. The molecule has 0 aliphatic heterocycles. The molecule has 0 saturated heterocycles. The quantitative estimate of drug-likeness (QED) is 0.837. The molecule has 0 bridgehead atoms. The van der Waals surface area contributed by atoms with Gasteiger partial charge < -0.3 is 5.32 Å². The van der Waals surface area contributed by atoms with Crippen LogP contribution in [0, 0.1) is 0 Å². The van der Waals surface area contributed by atoms with Gasteiger partial charge in [-0.2, -0.15) is 5.10 Å². The van der Waals surface area contributed by atoms with E-state index in [-0.39, 0.29) is 0 Å². The number of hydrogen-bond donors (Lipinski definition) is 1. The molecular formula is C10H12ClN3. The fourth-order valence-corrected chi connectivity index (χ4v) is 1.55. The number of aromatic nitrogens is 2. The van der Waals surface area contributed by atoms with Crippen LogP contribution in [0.25, 0.3) is 10.9 Å². The highest BCUT2D eigenvalue weighted by atomic mass is 35.5. The number of halogens is 1. The molecule has 1 aromatic heterocycles. The van der Waals surface area contributed by atoms with Crippen molar-refractivity contribution < 1.29 is 0 Å². The Labute approximate surface area is 87.7 Å². The van der Waals surface area contributed by atoms with Gasteiger partial charge in [-0.05, 0) is 25.2 Å². The molecule has 0 aliphatic carbocycles. The van der Waals surface area contributed by atoms with Crippen LogP contribution in [0.2, 0.25) is 5.02 Å². The van der Waals surface area contributed by atoms with Crippen molar-refractivity contribution in [2.24, 2.45) is 0 Å². The summed E-state index contributed by atoms with van der Waals surface area (Å²) in [5, 5.41) is 9.35. The standard InChI is InChI=1S/C10H12ClN3/c1-12-4-5-14-7-8-2-3-9(11)6-10(8)13-14/h2-3,6-7,12H,4-5H2,1H3. The van der Waals surface area contributed by atoms with Gasteiger partial charge in [-0.3, -0.25) is 4.68 Å². The van der Waals surface area contributed by atoms with E-state index in [4.69, 9.17) is 11.6 Å². The molecule has 0 unspecified atom stereocenters. The minimum absolute atomic E-state index is 0.733. The Kier molecular flexibility index (Phi) is 2.70. The maximum atomic E-state index is 5.87. The fraction of sp³-hybridized carbons (Fsp3) is 0.300. The van der Waals surface area contributed by atoms with E-state index in [1.54, 1.807) is 0 Å². The van der Waals surface area contributed by atoms with Crippen LogP contribution in [0.15, 0.2) is 24.4 Å². The molecule has 74 valence electrons. The van der Waals surface area contributed by atoms with Crippen LogP contribution in [0.5, 0.6) is 0 Å². The van der Waals surface area contributed by atoms with Crippen LogP contribution in [0.4, 0.5) is 0 Å². The van der Waals surface area contributed by atoms with Gasteiger partial charge in [0.2, 0.25) is 0 Å². The fourth-order valence-electron chi connectivity index (χ4n) is 1.38. The van der Waals surface area contributed by atoms with Crippen molar-refractivity contribution in [1.82, 2.24) is 15.1 Å². The molecule has 0 radical (unpaired) electrons. The molecule has 2 aromatic rings. The number of hydrogen-bond acceptors (Lipinski definition) is 2. The van der Waals surface area contributed by atoms with E-state index in [1.807, 2.05) is 36.1 Å². The van der Waals surface area contributed by atoms with Crippen molar-refractivity contribution in [3.05, 3.63) is 29.4 Å². The highest BCUT2D eigenvalue weighted by Crippen LogP contribution is 2.17. The Morgan fingerprint density at radius 3 is 3.14 bits per heavy atom. The van der Waals surface area contributed by atoms with Gasteiger partial charge in [0.25, 0.3) is 0 Å². The zero-order valence-electron chi connectivity index (χ0n) is 8.00. The molecule has 0 atom stereocenters. The van der Waals surface area contributed by atoms with E-state index < -0.39 is 0 Å². The van der Waals surface area contributed by atoms with E-state index in [1.165, 1.54) is 0 Å². The van der Waals surface area contributed by atoms with Gasteiger partial charge in [0.05, 0.1) is 12.1 Å². The second-order valence-electron chi connectivity index (χ2n) is 3.20. The average molecular weight is 210 g/mol. The molecule has 1 N–H and O–H groups in total. The molecular weight excluding hydrogens is 198 g/mol. The Bertz CT molecular complexity index is 436. The van der Waals surface area contributed by atoms with E-state index >= 15 is 0 Å². The van der Waals surface area contributed by atoms with Crippen LogP contribution >= 0.6 is 11.6 Å². The lowest BCUT2D eigenvalue weighted by molar-refractivity contribution is 0.590. The van der Waals surface area contributed by atoms with Gasteiger partial charge >= 0.3 is 0 Å². The van der Waals surface area contributed by atoms with Crippen molar-refractivity contribution in [1.29, 1.82) is 0 Å². The third-order valence-electron chi connectivity index (χ3n) is 2.11. The molecule has 0 amide bonds.